The number of anilines is 1. The highest BCUT2D eigenvalue weighted by Gasteiger charge is 2.39. The molecule has 196 valence electrons. The van der Waals surface area contributed by atoms with Crippen molar-refractivity contribution in [3.8, 4) is 16.8 Å². The average Bonchev–Trinajstić information content (AvgIpc) is 3.69. The van der Waals surface area contributed by atoms with E-state index in [-0.39, 0.29) is 23.9 Å². The van der Waals surface area contributed by atoms with Crippen LogP contribution in [0.25, 0.3) is 27.8 Å². The zero-order chi connectivity index (χ0) is 26.4. The molecule has 0 bridgehead atoms. The van der Waals surface area contributed by atoms with Gasteiger partial charge in [0, 0.05) is 38.8 Å². The van der Waals surface area contributed by atoms with Crippen LogP contribution in [-0.2, 0) is 11.3 Å². The molecule has 0 radical (unpaired) electrons. The first-order chi connectivity index (χ1) is 18.3. The molecule has 2 aromatic heterocycles. The number of rotatable bonds is 6. The van der Waals surface area contributed by atoms with E-state index in [2.05, 4.69) is 39.2 Å². The van der Waals surface area contributed by atoms with Gasteiger partial charge in [-0.05, 0) is 61.1 Å². The molecule has 3 heterocycles. The summed E-state index contributed by atoms with van der Waals surface area (Å²) in [7, 11) is 4.03. The van der Waals surface area contributed by atoms with Crippen LogP contribution in [0, 0.1) is 5.92 Å². The Kier molecular flexibility index (Phi) is 6.03. The number of likely N-dealkylation sites (tertiary alicyclic amines) is 1. The second-order valence-electron chi connectivity index (χ2n) is 10.8. The number of nitrogens with zero attached hydrogens (tertiary/aromatic N) is 6. The van der Waals surface area contributed by atoms with Gasteiger partial charge in [0.05, 0.1) is 24.0 Å². The summed E-state index contributed by atoms with van der Waals surface area (Å²) < 4.78 is 3.14. The van der Waals surface area contributed by atoms with E-state index >= 15 is 0 Å². The largest absolute Gasteiger partial charge is 0.388 e. The molecule has 9 heteroatoms. The summed E-state index contributed by atoms with van der Waals surface area (Å²) in [5.41, 5.74) is 3.26. The zero-order valence-electron chi connectivity index (χ0n) is 21.7. The number of aromatic nitrogens is 4. The maximum Gasteiger partial charge on any atom is 0.264 e. The summed E-state index contributed by atoms with van der Waals surface area (Å²) in [6.07, 6.45) is 5.87. The topological polar surface area (TPSA) is 96.5 Å². The van der Waals surface area contributed by atoms with Crippen molar-refractivity contribution in [2.75, 3.05) is 32.1 Å². The minimum Gasteiger partial charge on any atom is -0.388 e. The summed E-state index contributed by atoms with van der Waals surface area (Å²) in [6.45, 7) is 1.18. The molecule has 1 N–H and O–H groups in total. The van der Waals surface area contributed by atoms with Crippen LogP contribution in [0.3, 0.4) is 0 Å². The number of benzene rings is 2. The summed E-state index contributed by atoms with van der Waals surface area (Å²) in [5.74, 6) is 0.380. The summed E-state index contributed by atoms with van der Waals surface area (Å²) in [4.78, 5) is 34.2. The van der Waals surface area contributed by atoms with Gasteiger partial charge in [-0.1, -0.05) is 24.3 Å². The van der Waals surface area contributed by atoms with E-state index in [0.29, 0.717) is 37.0 Å². The molecule has 4 aromatic rings. The Hall–Kier alpha value is -3.98. The Morgan fingerprint density at radius 2 is 1.82 bits per heavy atom. The van der Waals surface area contributed by atoms with E-state index in [4.69, 9.17) is 0 Å². The number of fused-ring (bicyclic) bond motifs is 1. The van der Waals surface area contributed by atoms with Crippen LogP contribution in [0.2, 0.25) is 0 Å². The fourth-order valence-corrected chi connectivity index (χ4v) is 5.23. The smallest absolute Gasteiger partial charge is 0.264 e. The Balaban J connectivity index is 1.23. The number of hydrogen-bond acceptors (Lipinski definition) is 6. The summed E-state index contributed by atoms with van der Waals surface area (Å²) >= 11 is 0. The van der Waals surface area contributed by atoms with E-state index in [1.807, 2.05) is 43.3 Å². The van der Waals surface area contributed by atoms with Crippen LogP contribution >= 0.6 is 0 Å². The number of carbonyl (C=O) groups excluding carboxylic acids is 1. The molecular weight excluding hydrogens is 480 g/mol. The Morgan fingerprint density at radius 3 is 2.50 bits per heavy atom. The highest BCUT2D eigenvalue weighted by atomic mass is 16.3. The third kappa shape index (κ3) is 4.58. The monoisotopic (exact) mass is 512 g/mol. The van der Waals surface area contributed by atoms with Crippen molar-refractivity contribution in [1.82, 2.24) is 24.2 Å². The lowest BCUT2D eigenvalue weighted by atomic mass is 9.91. The van der Waals surface area contributed by atoms with Crippen LogP contribution in [0.1, 0.15) is 25.7 Å². The third-order valence-corrected chi connectivity index (χ3v) is 7.76. The number of amides is 1. The highest BCUT2D eigenvalue weighted by molar-refractivity contribution is 5.81. The standard InChI is InChI=1S/C29H32N6O3/c1-32(2)23-10-8-20(9-11-23)22-4-3-5-24(16-22)35-26-25(17-31-35)28(37)34(19-30-26)18-29(38)12-14-33(15-13-29)27(36)21-6-7-21/h3-5,8-11,16-17,19,21,38H,6-7,12-15,18H2,1-2H3. The molecule has 2 aliphatic rings. The van der Waals surface area contributed by atoms with E-state index in [1.54, 1.807) is 10.9 Å². The molecule has 0 unspecified atom stereocenters. The molecule has 9 nitrogen and oxygen atoms in total. The van der Waals surface area contributed by atoms with Gasteiger partial charge in [-0.3, -0.25) is 14.2 Å². The lowest BCUT2D eigenvalue weighted by molar-refractivity contribution is -0.137. The lowest BCUT2D eigenvalue weighted by Gasteiger charge is -2.38. The van der Waals surface area contributed by atoms with Gasteiger partial charge in [0.2, 0.25) is 5.91 Å². The molecule has 0 atom stereocenters. The minimum absolute atomic E-state index is 0.143. The second kappa shape index (κ2) is 9.40. The molecule has 38 heavy (non-hydrogen) atoms. The quantitative estimate of drug-likeness (QED) is 0.427. The van der Waals surface area contributed by atoms with Gasteiger partial charge >= 0.3 is 0 Å². The van der Waals surface area contributed by atoms with Crippen LogP contribution in [-0.4, -0.2) is 68.0 Å². The molecule has 1 aliphatic carbocycles. The van der Waals surface area contributed by atoms with Crippen LogP contribution in [0.15, 0.2) is 65.8 Å². The van der Waals surface area contributed by atoms with E-state index in [9.17, 15) is 14.7 Å². The fourth-order valence-electron chi connectivity index (χ4n) is 5.23. The predicted molar refractivity (Wildman–Crippen MR) is 146 cm³/mol. The molecule has 2 fully saturated rings. The fraction of sp³-hybridized carbons (Fsp3) is 0.379. The summed E-state index contributed by atoms with van der Waals surface area (Å²) in [5, 5.41) is 16.1. The Labute approximate surface area is 220 Å². The van der Waals surface area contributed by atoms with Crippen molar-refractivity contribution in [3.05, 3.63) is 71.4 Å². The number of piperidine rings is 1. The predicted octanol–water partition coefficient (Wildman–Crippen LogP) is 3.08. The van der Waals surface area contributed by atoms with Crippen molar-refractivity contribution in [2.24, 2.45) is 5.92 Å². The molecule has 1 saturated heterocycles. The van der Waals surface area contributed by atoms with Gasteiger partial charge in [-0.15, -0.1) is 0 Å². The Morgan fingerprint density at radius 1 is 1.08 bits per heavy atom. The van der Waals surface area contributed by atoms with E-state index in [1.165, 1.54) is 10.9 Å². The van der Waals surface area contributed by atoms with Crippen molar-refractivity contribution < 1.29 is 9.90 Å². The van der Waals surface area contributed by atoms with Crippen LogP contribution in [0.5, 0.6) is 0 Å². The van der Waals surface area contributed by atoms with Gasteiger partial charge in [0.25, 0.3) is 5.56 Å². The normalized spacial score (nSPS) is 17.1. The number of carbonyl (C=O) groups is 1. The van der Waals surface area contributed by atoms with Gasteiger partial charge < -0.3 is 14.9 Å². The number of hydrogen-bond donors (Lipinski definition) is 1. The molecule has 1 amide bonds. The van der Waals surface area contributed by atoms with Crippen molar-refractivity contribution in [2.45, 2.75) is 37.8 Å². The first kappa shape index (κ1) is 24.4. The van der Waals surface area contributed by atoms with Gasteiger partial charge in [-0.2, -0.15) is 5.10 Å². The molecule has 0 spiro atoms. The number of aliphatic hydroxyl groups is 1. The van der Waals surface area contributed by atoms with E-state index in [0.717, 1.165) is 35.3 Å². The average molecular weight is 513 g/mol. The first-order valence-corrected chi connectivity index (χ1v) is 13.1. The van der Waals surface area contributed by atoms with Crippen LogP contribution < -0.4 is 10.5 Å². The minimum atomic E-state index is -1.05. The maximum absolute atomic E-state index is 13.3. The molecule has 1 aliphatic heterocycles. The maximum atomic E-state index is 13.3. The molecule has 2 aromatic carbocycles. The van der Waals surface area contributed by atoms with E-state index < -0.39 is 5.60 Å². The third-order valence-electron chi connectivity index (χ3n) is 7.76. The second-order valence-corrected chi connectivity index (χ2v) is 10.8. The molecule has 1 saturated carbocycles. The molecule has 6 rings (SSSR count). The lowest BCUT2D eigenvalue weighted by Crippen LogP contribution is -2.50. The highest BCUT2D eigenvalue weighted by Crippen LogP contribution is 2.33. The van der Waals surface area contributed by atoms with Gasteiger partial charge in [0.15, 0.2) is 5.65 Å². The zero-order valence-corrected chi connectivity index (χ0v) is 21.7. The first-order valence-electron chi connectivity index (χ1n) is 13.1. The van der Waals surface area contributed by atoms with Crippen LogP contribution in [0.4, 0.5) is 5.69 Å². The Bertz CT molecular complexity index is 1540. The molecular formula is C29H32N6O3. The van der Waals surface area contributed by atoms with Crippen molar-refractivity contribution in [1.29, 1.82) is 0 Å². The van der Waals surface area contributed by atoms with Crippen molar-refractivity contribution in [3.63, 3.8) is 0 Å². The van der Waals surface area contributed by atoms with Gasteiger partial charge in [-0.25, -0.2) is 9.67 Å². The van der Waals surface area contributed by atoms with Crippen molar-refractivity contribution >= 4 is 22.6 Å². The SMILES string of the molecule is CN(C)c1ccc(-c2cccc(-n3ncc4c(=O)n(CC5(O)CCN(C(=O)C6CC6)CC5)cnc43)c2)cc1. The van der Waals surface area contributed by atoms with Gasteiger partial charge in [0.1, 0.15) is 11.7 Å². The summed E-state index contributed by atoms with van der Waals surface area (Å²) in [6, 6.07) is 16.3.